The van der Waals surface area contributed by atoms with Crippen LogP contribution < -0.4 is 11.0 Å². The van der Waals surface area contributed by atoms with Gasteiger partial charge >= 0.3 is 0 Å². The second-order valence-corrected chi connectivity index (χ2v) is 5.18. The molecular weight excluding hydrogens is 286 g/mol. The van der Waals surface area contributed by atoms with Gasteiger partial charge in [0.15, 0.2) is 0 Å². The van der Waals surface area contributed by atoms with E-state index in [-0.39, 0.29) is 0 Å². The molecule has 0 aromatic carbocycles. The minimum atomic E-state index is 0.850. The molecule has 1 aliphatic heterocycles. The maximum Gasteiger partial charge on any atom is 0.133 e. The van der Waals surface area contributed by atoms with Crippen molar-refractivity contribution in [3.8, 4) is 0 Å². The second-order valence-electron chi connectivity index (χ2n) is 5.18. The van der Waals surface area contributed by atoms with E-state index in [1.54, 1.807) is 6.20 Å². The molecule has 1 fully saturated rings. The third-order valence-corrected chi connectivity index (χ3v) is 3.41. The van der Waals surface area contributed by atoms with Gasteiger partial charge < -0.3 is 0 Å². The van der Waals surface area contributed by atoms with Crippen molar-refractivity contribution in [3.05, 3.63) is 60.3 Å². The van der Waals surface area contributed by atoms with Crippen LogP contribution in [0.4, 0.5) is 0 Å². The van der Waals surface area contributed by atoms with Gasteiger partial charge in [-0.25, -0.2) is 0 Å². The first-order chi connectivity index (χ1) is 11.1. The third-order valence-electron chi connectivity index (χ3n) is 3.41. The lowest BCUT2D eigenvalue weighted by Crippen LogP contribution is -2.41. The number of nitrogens with one attached hydrogen (secondary N) is 2. The Morgan fingerprint density at radius 1 is 1.30 bits per heavy atom. The van der Waals surface area contributed by atoms with E-state index in [9.17, 15) is 0 Å². The van der Waals surface area contributed by atoms with E-state index in [0.717, 1.165) is 30.9 Å². The van der Waals surface area contributed by atoms with Crippen LogP contribution in [0, 0.1) is 0 Å². The summed E-state index contributed by atoms with van der Waals surface area (Å²) in [4.78, 5) is 4.31. The van der Waals surface area contributed by atoms with Gasteiger partial charge in [-0.2, -0.15) is 0 Å². The molecule has 2 N–H and O–H groups in total. The summed E-state index contributed by atoms with van der Waals surface area (Å²) in [5, 5.41) is 3.95. The molecule has 0 spiro atoms. The second kappa shape index (κ2) is 10.6. The SMILES string of the molecule is C=CN1/C(=C\C)NNN1CC/C=C(C)/C=C\CC=N/C(C)=C/C. The van der Waals surface area contributed by atoms with Crippen molar-refractivity contribution >= 4 is 6.21 Å². The summed E-state index contributed by atoms with van der Waals surface area (Å²) >= 11 is 0. The van der Waals surface area contributed by atoms with Gasteiger partial charge in [-0.1, -0.05) is 36.5 Å². The number of allylic oxidation sites excluding steroid dienone is 6. The topological polar surface area (TPSA) is 42.9 Å². The van der Waals surface area contributed by atoms with E-state index in [1.807, 2.05) is 49.3 Å². The highest BCUT2D eigenvalue weighted by Crippen LogP contribution is 2.11. The van der Waals surface area contributed by atoms with E-state index in [1.165, 1.54) is 5.57 Å². The third kappa shape index (κ3) is 6.67. The summed E-state index contributed by atoms with van der Waals surface area (Å²) < 4.78 is 0. The molecule has 23 heavy (non-hydrogen) atoms. The summed E-state index contributed by atoms with van der Waals surface area (Å²) in [6.07, 6.45) is 16.0. The summed E-state index contributed by atoms with van der Waals surface area (Å²) in [5.41, 5.74) is 8.50. The number of aliphatic imine (C=N–C) groups is 1. The van der Waals surface area contributed by atoms with Crippen LogP contribution in [0.1, 0.15) is 40.5 Å². The van der Waals surface area contributed by atoms with Gasteiger partial charge in [0, 0.05) is 31.1 Å². The molecule has 0 aromatic heterocycles. The number of rotatable bonds is 8. The first-order valence-electron chi connectivity index (χ1n) is 7.98. The zero-order chi connectivity index (χ0) is 17.1. The van der Waals surface area contributed by atoms with Gasteiger partial charge in [-0.15, -0.1) is 10.7 Å². The zero-order valence-electron chi connectivity index (χ0n) is 14.7. The van der Waals surface area contributed by atoms with E-state index >= 15 is 0 Å². The predicted octanol–water partition coefficient (Wildman–Crippen LogP) is 3.81. The normalized spacial score (nSPS) is 19.3. The molecule has 126 valence electrons. The molecule has 0 saturated carbocycles. The van der Waals surface area contributed by atoms with Crippen LogP contribution >= 0.6 is 0 Å². The molecule has 1 heterocycles. The lowest BCUT2D eigenvalue weighted by molar-refractivity contribution is 0.0469. The van der Waals surface area contributed by atoms with Gasteiger partial charge in [-0.05, 0) is 40.2 Å². The molecule has 0 unspecified atom stereocenters. The van der Waals surface area contributed by atoms with Crippen LogP contribution in [0.2, 0.25) is 0 Å². The van der Waals surface area contributed by atoms with Gasteiger partial charge in [0.25, 0.3) is 0 Å². The Bertz CT molecular complexity index is 526. The molecule has 0 bridgehead atoms. The minimum absolute atomic E-state index is 0.850. The Morgan fingerprint density at radius 3 is 2.74 bits per heavy atom. The molecule has 5 nitrogen and oxygen atoms in total. The fourth-order valence-electron chi connectivity index (χ4n) is 2.00. The van der Waals surface area contributed by atoms with Crippen LogP contribution in [0.15, 0.2) is 65.2 Å². The average molecular weight is 315 g/mol. The highest BCUT2D eigenvalue weighted by molar-refractivity contribution is 5.61. The molecule has 5 heteroatoms. The quantitative estimate of drug-likeness (QED) is 0.528. The van der Waals surface area contributed by atoms with Crippen LogP contribution in [0.25, 0.3) is 0 Å². The summed E-state index contributed by atoms with van der Waals surface area (Å²) in [5.74, 6) is 0.983. The summed E-state index contributed by atoms with van der Waals surface area (Å²) in [7, 11) is 0. The van der Waals surface area contributed by atoms with Crippen molar-refractivity contribution in [2.24, 2.45) is 4.99 Å². The Balaban J connectivity index is 2.37. The maximum absolute atomic E-state index is 4.31. The Hall–Kier alpha value is -2.11. The largest absolute Gasteiger partial charge is 0.291 e. The van der Waals surface area contributed by atoms with E-state index in [0.29, 0.717) is 0 Å². The minimum Gasteiger partial charge on any atom is -0.291 e. The predicted molar refractivity (Wildman–Crippen MR) is 98.8 cm³/mol. The molecule has 1 rings (SSSR count). The molecule has 1 aliphatic rings. The Labute approximate surface area is 140 Å². The zero-order valence-corrected chi connectivity index (χ0v) is 14.7. The number of nitrogens with zero attached hydrogens (tertiary/aromatic N) is 3. The molecule has 0 atom stereocenters. The fraction of sp³-hybridized carbons (Fsp3) is 0.389. The van der Waals surface area contributed by atoms with Crippen molar-refractivity contribution in [3.63, 3.8) is 0 Å². The van der Waals surface area contributed by atoms with Gasteiger partial charge in [-0.3, -0.25) is 15.4 Å². The molecule has 0 amide bonds. The first-order valence-corrected chi connectivity index (χ1v) is 7.98. The highest BCUT2D eigenvalue weighted by atomic mass is 15.9. The van der Waals surface area contributed by atoms with E-state index in [2.05, 4.69) is 47.7 Å². The van der Waals surface area contributed by atoms with Crippen LogP contribution in [0.5, 0.6) is 0 Å². The molecule has 1 saturated heterocycles. The summed E-state index contributed by atoms with van der Waals surface area (Å²) in [6.45, 7) is 12.8. The number of hydrogen-bond donors (Lipinski definition) is 2. The molecule has 0 aliphatic carbocycles. The van der Waals surface area contributed by atoms with Gasteiger partial charge in [0.05, 0.1) is 0 Å². The monoisotopic (exact) mass is 315 g/mol. The van der Waals surface area contributed by atoms with E-state index in [4.69, 9.17) is 0 Å². The lowest BCUT2D eigenvalue weighted by Gasteiger charge is -2.22. The first kappa shape index (κ1) is 18.9. The molecule has 0 aromatic rings. The smallest absolute Gasteiger partial charge is 0.133 e. The van der Waals surface area contributed by atoms with Crippen LogP contribution in [0.3, 0.4) is 0 Å². The van der Waals surface area contributed by atoms with Crippen molar-refractivity contribution in [2.45, 2.75) is 40.5 Å². The van der Waals surface area contributed by atoms with Crippen molar-refractivity contribution < 1.29 is 0 Å². The Morgan fingerprint density at radius 2 is 2.09 bits per heavy atom. The number of hydrogen-bond acceptors (Lipinski definition) is 5. The highest BCUT2D eigenvalue weighted by Gasteiger charge is 2.21. The van der Waals surface area contributed by atoms with Crippen LogP contribution in [-0.2, 0) is 0 Å². The van der Waals surface area contributed by atoms with Crippen molar-refractivity contribution in [2.75, 3.05) is 6.54 Å². The average Bonchev–Trinajstić information content (AvgIpc) is 2.96. The number of hydrazine groups is 3. The lowest BCUT2D eigenvalue weighted by atomic mass is 10.2. The standard InChI is InChI=1S/C18H29N5/c1-6-17(5)19-14-10-9-12-16(4)13-11-15-23-21-20-18(7-2)22(23)8-3/h6-9,12-14,20-21H,3,10-11,15H2,1-2,4-5H3/b12-9-,16-13+,17-6+,18-7-,19-14?. The Kier molecular flexibility index (Phi) is 8.72. The molecule has 0 radical (unpaired) electrons. The van der Waals surface area contributed by atoms with E-state index < -0.39 is 0 Å². The van der Waals surface area contributed by atoms with Crippen molar-refractivity contribution in [1.29, 1.82) is 0 Å². The maximum atomic E-state index is 4.31. The van der Waals surface area contributed by atoms with Crippen molar-refractivity contribution in [1.82, 2.24) is 21.1 Å². The van der Waals surface area contributed by atoms with Gasteiger partial charge in [0.2, 0.25) is 0 Å². The van der Waals surface area contributed by atoms with Gasteiger partial charge in [0.1, 0.15) is 5.82 Å². The van der Waals surface area contributed by atoms with Crippen LogP contribution in [-0.4, -0.2) is 22.9 Å². The fourth-order valence-corrected chi connectivity index (χ4v) is 2.00. The molecular formula is C18H29N5. The summed E-state index contributed by atoms with van der Waals surface area (Å²) in [6, 6.07) is 0.